The second-order valence-electron chi connectivity index (χ2n) is 4.27. The van der Waals surface area contributed by atoms with Crippen molar-refractivity contribution < 1.29 is 9.84 Å². The zero-order valence-electron chi connectivity index (χ0n) is 11.4. The number of ether oxygens (including phenoxy) is 1. The Morgan fingerprint density at radius 2 is 2.10 bits per heavy atom. The lowest BCUT2D eigenvalue weighted by atomic mass is 10.2. The topological polar surface area (TPSA) is 80.2 Å². The number of anilines is 1. The second kappa shape index (κ2) is 6.02. The highest BCUT2D eigenvalue weighted by Gasteiger charge is 2.12. The number of methoxy groups -OCH3 is 1. The molecule has 2 N–H and O–H groups in total. The molecule has 0 spiro atoms. The van der Waals surface area contributed by atoms with Crippen molar-refractivity contribution in [2.45, 2.75) is 0 Å². The number of aromatic nitrogens is 3. The summed E-state index contributed by atoms with van der Waals surface area (Å²) in [5, 5.41) is 14.9. The number of aliphatic hydroxyl groups is 1. The average Bonchev–Trinajstić information content (AvgIpc) is 2.96. The van der Waals surface area contributed by atoms with Gasteiger partial charge in [-0.15, -0.1) is 11.3 Å². The molecule has 108 valence electrons. The first-order chi connectivity index (χ1) is 10.3. The highest BCUT2D eigenvalue weighted by Crippen LogP contribution is 2.32. The molecule has 0 bridgehead atoms. The van der Waals surface area contributed by atoms with Gasteiger partial charge in [-0.1, -0.05) is 18.2 Å². The van der Waals surface area contributed by atoms with Gasteiger partial charge in [0.15, 0.2) is 5.82 Å². The van der Waals surface area contributed by atoms with Crippen LogP contribution in [-0.2, 0) is 0 Å². The quantitative estimate of drug-likeness (QED) is 0.752. The van der Waals surface area contributed by atoms with Crippen LogP contribution >= 0.6 is 11.3 Å². The number of hydrogen-bond donors (Lipinski definition) is 2. The van der Waals surface area contributed by atoms with E-state index in [1.165, 1.54) is 11.8 Å². The molecule has 3 aromatic rings. The van der Waals surface area contributed by atoms with E-state index in [-0.39, 0.29) is 12.6 Å². The van der Waals surface area contributed by atoms with Crippen LogP contribution in [0.3, 0.4) is 0 Å². The van der Waals surface area contributed by atoms with Gasteiger partial charge in [-0.25, -0.2) is 0 Å². The average molecular weight is 302 g/mol. The largest absolute Gasteiger partial charge is 0.467 e. The molecule has 2 aromatic heterocycles. The highest BCUT2D eigenvalue weighted by molar-refractivity contribution is 7.17. The van der Waals surface area contributed by atoms with Gasteiger partial charge in [-0.2, -0.15) is 15.0 Å². The number of benzene rings is 1. The maximum atomic E-state index is 8.89. The lowest BCUT2D eigenvalue weighted by molar-refractivity contribution is 0.310. The molecule has 1 aromatic carbocycles. The first-order valence-corrected chi connectivity index (χ1v) is 7.31. The van der Waals surface area contributed by atoms with Gasteiger partial charge in [0.05, 0.1) is 13.7 Å². The van der Waals surface area contributed by atoms with E-state index < -0.39 is 0 Å². The van der Waals surface area contributed by atoms with Crippen LogP contribution in [0.15, 0.2) is 29.6 Å². The molecule has 7 heteroatoms. The summed E-state index contributed by atoms with van der Waals surface area (Å²) >= 11 is 1.64. The van der Waals surface area contributed by atoms with E-state index >= 15 is 0 Å². The molecule has 6 nitrogen and oxygen atoms in total. The summed E-state index contributed by atoms with van der Waals surface area (Å²) < 4.78 is 6.30. The predicted octanol–water partition coefficient (Wildman–Crippen LogP) is 2.17. The number of thiophene rings is 1. The highest BCUT2D eigenvalue weighted by atomic mass is 32.1. The Kier molecular flexibility index (Phi) is 3.94. The van der Waals surface area contributed by atoms with Crippen molar-refractivity contribution >= 4 is 27.4 Å². The molecule has 3 rings (SSSR count). The monoisotopic (exact) mass is 302 g/mol. The third-order valence-electron chi connectivity index (χ3n) is 2.91. The summed E-state index contributed by atoms with van der Waals surface area (Å²) in [6, 6.07) is 8.34. The predicted molar refractivity (Wildman–Crippen MR) is 82.8 cm³/mol. The van der Waals surface area contributed by atoms with Crippen LogP contribution in [0.2, 0.25) is 0 Å². The third-order valence-corrected chi connectivity index (χ3v) is 3.88. The van der Waals surface area contributed by atoms with Crippen LogP contribution in [-0.4, -0.2) is 40.3 Å². The summed E-state index contributed by atoms with van der Waals surface area (Å²) in [5.41, 5.74) is 0.948. The standard InChI is InChI=1S/C14H14N4O2S/c1-20-14-17-12(16-13(18-14)15-6-7-19)10-8-21-11-5-3-2-4-9(10)11/h2-5,8,19H,6-7H2,1H3,(H,15,16,17,18). The van der Waals surface area contributed by atoms with E-state index in [0.29, 0.717) is 18.3 Å². The van der Waals surface area contributed by atoms with Crippen molar-refractivity contribution in [3.8, 4) is 17.4 Å². The zero-order valence-corrected chi connectivity index (χ0v) is 12.2. The van der Waals surface area contributed by atoms with Gasteiger partial charge in [-0.3, -0.25) is 0 Å². The molecular weight excluding hydrogens is 288 g/mol. The fourth-order valence-electron chi connectivity index (χ4n) is 1.97. The van der Waals surface area contributed by atoms with Gasteiger partial charge in [0.2, 0.25) is 5.95 Å². The number of fused-ring (bicyclic) bond motifs is 1. The Morgan fingerprint density at radius 1 is 1.24 bits per heavy atom. The lowest BCUT2D eigenvalue weighted by Crippen LogP contribution is -2.10. The fourth-order valence-corrected chi connectivity index (χ4v) is 2.91. The number of aliphatic hydroxyl groups excluding tert-OH is 1. The summed E-state index contributed by atoms with van der Waals surface area (Å²) in [6.45, 7) is 0.377. The molecule has 0 fully saturated rings. The first kappa shape index (κ1) is 13.7. The molecule has 0 atom stereocenters. The fraction of sp³-hybridized carbons (Fsp3) is 0.214. The molecule has 21 heavy (non-hydrogen) atoms. The van der Waals surface area contributed by atoms with Gasteiger partial charge in [0, 0.05) is 27.6 Å². The maximum absolute atomic E-state index is 8.89. The van der Waals surface area contributed by atoms with Gasteiger partial charge >= 0.3 is 6.01 Å². The van der Waals surface area contributed by atoms with E-state index in [1.807, 2.05) is 23.6 Å². The second-order valence-corrected chi connectivity index (χ2v) is 5.18. The van der Waals surface area contributed by atoms with E-state index in [1.54, 1.807) is 11.3 Å². The van der Waals surface area contributed by atoms with Crippen LogP contribution in [0.4, 0.5) is 5.95 Å². The lowest BCUT2D eigenvalue weighted by Gasteiger charge is -2.06. The summed E-state index contributed by atoms with van der Waals surface area (Å²) in [7, 11) is 1.51. The zero-order chi connectivity index (χ0) is 14.7. The van der Waals surface area contributed by atoms with E-state index in [0.717, 1.165) is 10.9 Å². The number of nitrogens with zero attached hydrogens (tertiary/aromatic N) is 3. The van der Waals surface area contributed by atoms with Crippen LogP contribution in [0.5, 0.6) is 6.01 Å². The van der Waals surface area contributed by atoms with Gasteiger partial charge in [-0.05, 0) is 6.07 Å². The Hall–Kier alpha value is -2.25. The number of hydrogen-bond acceptors (Lipinski definition) is 7. The molecule has 0 aliphatic rings. The molecule has 0 aliphatic carbocycles. The SMILES string of the molecule is COc1nc(NCCO)nc(-c2csc3ccccc23)n1. The first-order valence-electron chi connectivity index (χ1n) is 6.43. The maximum Gasteiger partial charge on any atom is 0.321 e. The molecule has 0 aliphatic heterocycles. The Balaban J connectivity index is 2.08. The molecule has 0 radical (unpaired) electrons. The van der Waals surface area contributed by atoms with E-state index in [2.05, 4.69) is 26.3 Å². The van der Waals surface area contributed by atoms with Gasteiger partial charge < -0.3 is 15.2 Å². The number of rotatable bonds is 5. The minimum Gasteiger partial charge on any atom is -0.467 e. The van der Waals surface area contributed by atoms with Crippen molar-refractivity contribution in [3.05, 3.63) is 29.6 Å². The Bertz CT molecular complexity index is 760. The Labute approximate surface area is 125 Å². The number of nitrogens with one attached hydrogen (secondary N) is 1. The normalized spacial score (nSPS) is 10.8. The third kappa shape index (κ3) is 2.79. The van der Waals surface area contributed by atoms with Crippen LogP contribution < -0.4 is 10.1 Å². The van der Waals surface area contributed by atoms with Crippen LogP contribution in [0.25, 0.3) is 21.5 Å². The summed E-state index contributed by atoms with van der Waals surface area (Å²) in [4.78, 5) is 12.8. The molecule has 2 heterocycles. The van der Waals surface area contributed by atoms with Crippen molar-refractivity contribution in [2.75, 3.05) is 25.6 Å². The summed E-state index contributed by atoms with van der Waals surface area (Å²) in [5.74, 6) is 0.945. The molecule has 0 amide bonds. The molecule has 0 unspecified atom stereocenters. The van der Waals surface area contributed by atoms with Crippen LogP contribution in [0.1, 0.15) is 0 Å². The molecular formula is C14H14N4O2S. The van der Waals surface area contributed by atoms with Crippen molar-refractivity contribution in [2.24, 2.45) is 0 Å². The van der Waals surface area contributed by atoms with Crippen LogP contribution in [0, 0.1) is 0 Å². The molecule has 0 saturated heterocycles. The van der Waals surface area contributed by atoms with Crippen molar-refractivity contribution in [1.29, 1.82) is 0 Å². The minimum atomic E-state index is 0.00468. The van der Waals surface area contributed by atoms with Crippen molar-refractivity contribution in [3.63, 3.8) is 0 Å². The minimum absolute atomic E-state index is 0.00468. The molecule has 0 saturated carbocycles. The van der Waals surface area contributed by atoms with E-state index in [4.69, 9.17) is 9.84 Å². The summed E-state index contributed by atoms with van der Waals surface area (Å²) in [6.07, 6.45) is 0. The van der Waals surface area contributed by atoms with Gasteiger partial charge in [0.25, 0.3) is 0 Å². The van der Waals surface area contributed by atoms with Gasteiger partial charge in [0.1, 0.15) is 0 Å². The Morgan fingerprint density at radius 3 is 2.90 bits per heavy atom. The van der Waals surface area contributed by atoms with Crippen molar-refractivity contribution in [1.82, 2.24) is 15.0 Å². The smallest absolute Gasteiger partial charge is 0.321 e. The van der Waals surface area contributed by atoms with E-state index in [9.17, 15) is 0 Å².